The van der Waals surface area contributed by atoms with Crippen molar-refractivity contribution in [2.45, 2.75) is 19.9 Å². The zero-order chi connectivity index (χ0) is 18.7. The molecule has 1 amide bonds. The van der Waals surface area contributed by atoms with E-state index in [0.717, 1.165) is 17.0 Å². The van der Waals surface area contributed by atoms with E-state index in [1.54, 1.807) is 20.1 Å². The predicted octanol–water partition coefficient (Wildman–Crippen LogP) is 3.18. The molecular weight excluding hydrogens is 334 g/mol. The molecule has 26 heavy (non-hydrogen) atoms. The van der Waals surface area contributed by atoms with Gasteiger partial charge in [0.15, 0.2) is 5.82 Å². The number of nitrogens with zero attached hydrogens (tertiary/aromatic N) is 2. The second-order valence-electron chi connectivity index (χ2n) is 5.73. The number of nitrogen functional groups attached to an aromatic ring is 1. The van der Waals surface area contributed by atoms with E-state index < -0.39 is 6.09 Å². The van der Waals surface area contributed by atoms with Crippen LogP contribution in [-0.2, 0) is 4.74 Å². The van der Waals surface area contributed by atoms with Crippen molar-refractivity contribution in [1.82, 2.24) is 4.98 Å². The molecule has 136 valence electrons. The molecule has 0 saturated heterocycles. The fourth-order valence-electron chi connectivity index (χ4n) is 2.72. The molecule has 1 unspecified atom stereocenters. The van der Waals surface area contributed by atoms with Gasteiger partial charge in [0.2, 0.25) is 0 Å². The number of aromatic nitrogens is 1. The first-order chi connectivity index (χ1) is 12.5. The Kier molecular flexibility index (Phi) is 4.92. The molecule has 2 aromatic rings. The molecule has 4 N–H and O–H groups in total. The number of nitrogens with one attached hydrogen (secondary N) is 2. The Morgan fingerprint density at radius 2 is 2.08 bits per heavy atom. The molecule has 0 aliphatic carbocycles. The summed E-state index contributed by atoms with van der Waals surface area (Å²) in [4.78, 5) is 20.5. The van der Waals surface area contributed by atoms with Crippen LogP contribution in [0.5, 0.6) is 5.75 Å². The number of carbonyl (C=O) groups is 1. The zero-order valence-electron chi connectivity index (χ0n) is 14.9. The van der Waals surface area contributed by atoms with Crippen LogP contribution in [0.3, 0.4) is 0 Å². The Bertz CT molecular complexity index is 849. The van der Waals surface area contributed by atoms with E-state index in [4.69, 9.17) is 20.2 Å². The van der Waals surface area contributed by atoms with Gasteiger partial charge in [-0.15, -0.1) is 0 Å². The van der Waals surface area contributed by atoms with Gasteiger partial charge in [-0.25, -0.2) is 14.8 Å². The van der Waals surface area contributed by atoms with E-state index in [1.165, 1.54) is 0 Å². The van der Waals surface area contributed by atoms with Crippen LogP contribution in [0.1, 0.15) is 19.4 Å². The summed E-state index contributed by atoms with van der Waals surface area (Å²) in [6, 6.07) is 9.30. The van der Waals surface area contributed by atoms with Crippen LogP contribution >= 0.6 is 0 Å². The van der Waals surface area contributed by atoms with E-state index in [-0.39, 0.29) is 18.5 Å². The third-order valence-electron chi connectivity index (χ3n) is 3.93. The number of carbonyl (C=O) groups excluding carboxylic acids is 1. The molecule has 3 rings (SSSR count). The van der Waals surface area contributed by atoms with Gasteiger partial charge in [-0.1, -0.05) is 0 Å². The van der Waals surface area contributed by atoms with Crippen molar-refractivity contribution < 1.29 is 14.3 Å². The Labute approximate surface area is 151 Å². The Morgan fingerprint density at radius 3 is 2.73 bits per heavy atom. The number of rotatable bonds is 4. The summed E-state index contributed by atoms with van der Waals surface area (Å²) in [7, 11) is 1.63. The maximum atomic E-state index is 11.6. The van der Waals surface area contributed by atoms with Crippen molar-refractivity contribution >= 4 is 34.8 Å². The van der Waals surface area contributed by atoms with Crippen LogP contribution in [0, 0.1) is 0 Å². The highest BCUT2D eigenvalue weighted by Crippen LogP contribution is 2.37. The number of methoxy groups -OCH3 is 1. The number of pyridine rings is 1. The number of ether oxygens (including phenoxy) is 2. The van der Waals surface area contributed by atoms with Gasteiger partial charge in [0.1, 0.15) is 17.3 Å². The number of benzene rings is 1. The lowest BCUT2D eigenvalue weighted by Crippen LogP contribution is -2.30. The topological polar surface area (TPSA) is 111 Å². The molecule has 8 heteroatoms. The molecule has 8 nitrogen and oxygen atoms in total. The maximum Gasteiger partial charge on any atom is 0.412 e. The van der Waals surface area contributed by atoms with Crippen molar-refractivity contribution in [1.29, 1.82) is 0 Å². The maximum absolute atomic E-state index is 11.6. The first-order valence-corrected chi connectivity index (χ1v) is 8.25. The SMILES string of the molecule is CCOC(=O)Nc1cc2c(c(N)n1)N=C(c1ccc(OC)cc1)C(C)N2. The minimum atomic E-state index is -0.578. The Hall–Kier alpha value is -3.29. The number of amides is 1. The predicted molar refractivity (Wildman–Crippen MR) is 102 cm³/mol. The van der Waals surface area contributed by atoms with Gasteiger partial charge in [0.05, 0.1) is 31.2 Å². The van der Waals surface area contributed by atoms with Crippen LogP contribution in [0.4, 0.5) is 27.8 Å². The highest BCUT2D eigenvalue weighted by atomic mass is 16.5. The molecular formula is C18H21N5O3. The van der Waals surface area contributed by atoms with E-state index in [9.17, 15) is 4.79 Å². The molecule has 0 spiro atoms. The first kappa shape index (κ1) is 17.5. The van der Waals surface area contributed by atoms with Gasteiger partial charge in [-0.05, 0) is 43.7 Å². The van der Waals surface area contributed by atoms with Gasteiger partial charge >= 0.3 is 6.09 Å². The van der Waals surface area contributed by atoms with Gasteiger partial charge in [-0.3, -0.25) is 5.32 Å². The second-order valence-corrected chi connectivity index (χ2v) is 5.73. The van der Waals surface area contributed by atoms with Crippen molar-refractivity contribution in [2.24, 2.45) is 4.99 Å². The van der Waals surface area contributed by atoms with E-state index in [2.05, 4.69) is 15.6 Å². The Balaban J connectivity index is 1.93. The second kappa shape index (κ2) is 7.30. The molecule has 2 heterocycles. The number of nitrogens with two attached hydrogens (primary N) is 1. The van der Waals surface area contributed by atoms with Gasteiger partial charge in [-0.2, -0.15) is 0 Å². The summed E-state index contributed by atoms with van der Waals surface area (Å²) in [5, 5.41) is 5.90. The van der Waals surface area contributed by atoms with Crippen LogP contribution in [0.2, 0.25) is 0 Å². The summed E-state index contributed by atoms with van der Waals surface area (Å²) in [6.45, 7) is 4.00. The minimum Gasteiger partial charge on any atom is -0.497 e. The number of fused-ring (bicyclic) bond motifs is 1. The lowest BCUT2D eigenvalue weighted by molar-refractivity contribution is 0.168. The Morgan fingerprint density at radius 1 is 1.35 bits per heavy atom. The molecule has 1 aromatic heterocycles. The fourth-order valence-corrected chi connectivity index (χ4v) is 2.72. The van der Waals surface area contributed by atoms with Crippen molar-refractivity contribution in [3.63, 3.8) is 0 Å². The molecule has 1 aliphatic rings. The number of aliphatic imine (C=N–C) groups is 1. The summed E-state index contributed by atoms with van der Waals surface area (Å²) >= 11 is 0. The number of hydrogen-bond acceptors (Lipinski definition) is 7. The lowest BCUT2D eigenvalue weighted by Gasteiger charge is -2.25. The molecule has 0 saturated carbocycles. The highest BCUT2D eigenvalue weighted by Gasteiger charge is 2.23. The molecule has 0 fully saturated rings. The van der Waals surface area contributed by atoms with Crippen molar-refractivity contribution in [2.75, 3.05) is 30.1 Å². The third-order valence-corrected chi connectivity index (χ3v) is 3.93. The fraction of sp³-hybridized carbons (Fsp3) is 0.278. The average Bonchev–Trinajstić information content (AvgIpc) is 2.61. The van der Waals surface area contributed by atoms with Crippen LogP contribution in [0.25, 0.3) is 0 Å². The van der Waals surface area contributed by atoms with Crippen LogP contribution in [-0.4, -0.2) is 36.5 Å². The summed E-state index contributed by atoms with van der Waals surface area (Å²) in [5.41, 5.74) is 9.11. The van der Waals surface area contributed by atoms with Crippen LogP contribution in [0.15, 0.2) is 35.3 Å². The monoisotopic (exact) mass is 355 g/mol. The van der Waals surface area contributed by atoms with Gasteiger partial charge < -0.3 is 20.5 Å². The number of hydrogen-bond donors (Lipinski definition) is 3. The molecule has 1 aromatic carbocycles. The number of anilines is 3. The third kappa shape index (κ3) is 3.53. The standard InChI is InChI=1S/C18H21N5O3/c1-4-26-18(24)22-14-9-13-16(17(19)21-14)23-15(10(2)20-13)11-5-7-12(25-3)8-6-11/h5-10,20H,4H2,1-3H3,(H3,19,21,22,24). The van der Waals surface area contributed by atoms with Gasteiger partial charge in [0, 0.05) is 6.07 Å². The van der Waals surface area contributed by atoms with Crippen molar-refractivity contribution in [3.8, 4) is 5.75 Å². The van der Waals surface area contributed by atoms with E-state index in [1.807, 2.05) is 31.2 Å². The summed E-state index contributed by atoms with van der Waals surface area (Å²) < 4.78 is 10.0. The molecule has 0 bridgehead atoms. The van der Waals surface area contributed by atoms with Crippen molar-refractivity contribution in [3.05, 3.63) is 35.9 Å². The molecule has 1 aliphatic heterocycles. The molecule has 0 radical (unpaired) electrons. The smallest absolute Gasteiger partial charge is 0.412 e. The average molecular weight is 355 g/mol. The molecule has 1 atom stereocenters. The normalized spacial score (nSPS) is 15.3. The first-order valence-electron chi connectivity index (χ1n) is 8.25. The zero-order valence-corrected chi connectivity index (χ0v) is 14.9. The highest BCUT2D eigenvalue weighted by molar-refractivity contribution is 6.10. The summed E-state index contributed by atoms with van der Waals surface area (Å²) in [6.07, 6.45) is -0.578. The van der Waals surface area contributed by atoms with E-state index in [0.29, 0.717) is 17.2 Å². The van der Waals surface area contributed by atoms with E-state index >= 15 is 0 Å². The minimum absolute atomic E-state index is 0.0480. The van der Waals surface area contributed by atoms with Crippen LogP contribution < -0.4 is 21.1 Å². The largest absolute Gasteiger partial charge is 0.497 e. The van der Waals surface area contributed by atoms with Gasteiger partial charge in [0.25, 0.3) is 0 Å². The lowest BCUT2D eigenvalue weighted by atomic mass is 10.0. The summed E-state index contributed by atoms with van der Waals surface area (Å²) in [5.74, 6) is 1.31. The quantitative estimate of drug-likeness (QED) is 0.777.